The van der Waals surface area contributed by atoms with E-state index in [0.29, 0.717) is 13.1 Å². The molecule has 1 aliphatic heterocycles. The summed E-state index contributed by atoms with van der Waals surface area (Å²) in [4.78, 5) is 27.6. The zero-order chi connectivity index (χ0) is 15.5. The Bertz CT molecular complexity index is 645. The fourth-order valence-electron chi connectivity index (χ4n) is 2.82. The second-order valence-corrected chi connectivity index (χ2v) is 5.23. The number of nitrogens with one attached hydrogen (secondary N) is 1. The number of carbonyl (C=O) groups is 1. The van der Waals surface area contributed by atoms with Crippen LogP contribution in [0.5, 0.6) is 0 Å². The highest BCUT2D eigenvalue weighted by Crippen LogP contribution is 2.24. The first kappa shape index (κ1) is 14.6. The Kier molecular flexibility index (Phi) is 4.15. The third-order valence-electron chi connectivity index (χ3n) is 4.02. The molecular formula is C15H18FN5O. The topological polar surface area (TPSA) is 65.1 Å². The molecule has 0 radical (unpaired) electrons. The summed E-state index contributed by atoms with van der Waals surface area (Å²) < 4.78 is 13.8. The Morgan fingerprint density at radius 3 is 3.00 bits per heavy atom. The number of halogens is 1. The summed E-state index contributed by atoms with van der Waals surface area (Å²) in [6, 6.07) is 1.42. The summed E-state index contributed by atoms with van der Waals surface area (Å²) in [5, 5.41) is 0. The molecule has 1 saturated heterocycles. The van der Waals surface area contributed by atoms with Crippen molar-refractivity contribution in [2.75, 3.05) is 26.2 Å². The molecule has 6 nitrogen and oxygen atoms in total. The first-order valence-electron chi connectivity index (χ1n) is 7.32. The number of rotatable bonds is 3. The van der Waals surface area contributed by atoms with Gasteiger partial charge in [0.05, 0.1) is 17.8 Å². The van der Waals surface area contributed by atoms with E-state index in [-0.39, 0.29) is 17.5 Å². The lowest BCUT2D eigenvalue weighted by atomic mass is 10.1. The first-order valence-corrected chi connectivity index (χ1v) is 7.32. The van der Waals surface area contributed by atoms with Gasteiger partial charge < -0.3 is 9.88 Å². The molecule has 116 valence electrons. The van der Waals surface area contributed by atoms with Crippen molar-refractivity contribution >= 4 is 5.91 Å². The van der Waals surface area contributed by atoms with Crippen molar-refractivity contribution in [3.63, 3.8) is 0 Å². The second kappa shape index (κ2) is 6.23. The molecule has 0 unspecified atom stereocenters. The van der Waals surface area contributed by atoms with E-state index in [1.54, 1.807) is 17.3 Å². The lowest BCUT2D eigenvalue weighted by Gasteiger charge is -2.40. The number of hydrogen-bond acceptors (Lipinski definition) is 4. The molecule has 0 aliphatic carbocycles. The number of aromatic nitrogens is 3. The summed E-state index contributed by atoms with van der Waals surface area (Å²) in [6.45, 7) is 4.75. The number of piperazine rings is 1. The predicted octanol–water partition coefficient (Wildman–Crippen LogP) is 1.46. The molecule has 1 fully saturated rings. The van der Waals surface area contributed by atoms with Gasteiger partial charge >= 0.3 is 0 Å². The Hall–Kier alpha value is -2.28. The molecule has 1 atom stereocenters. The molecule has 0 aromatic carbocycles. The number of amides is 1. The van der Waals surface area contributed by atoms with Crippen LogP contribution in [0.3, 0.4) is 0 Å². The average Bonchev–Trinajstić information content (AvgIpc) is 3.08. The maximum atomic E-state index is 13.8. The maximum absolute atomic E-state index is 13.8. The van der Waals surface area contributed by atoms with E-state index in [4.69, 9.17) is 0 Å². The highest BCUT2D eigenvalue weighted by molar-refractivity contribution is 5.94. The maximum Gasteiger partial charge on any atom is 0.257 e. The van der Waals surface area contributed by atoms with E-state index in [0.717, 1.165) is 25.1 Å². The fraction of sp³-hybridized carbons (Fsp3) is 0.400. The summed E-state index contributed by atoms with van der Waals surface area (Å²) in [7, 11) is 0. The molecule has 0 spiro atoms. The minimum absolute atomic E-state index is 0.00241. The lowest BCUT2D eigenvalue weighted by molar-refractivity contribution is 0.0475. The van der Waals surface area contributed by atoms with Crippen LogP contribution < -0.4 is 0 Å². The molecule has 0 saturated carbocycles. The van der Waals surface area contributed by atoms with Gasteiger partial charge in [0.15, 0.2) is 5.82 Å². The standard InChI is InChI=1S/C15H18FN5O/c1-2-20-7-8-21(10-13(20)14-18-5-6-19-14)15(22)11-3-4-17-9-12(11)16/h3-6,9,13H,2,7-8,10H2,1H3,(H,18,19)/t13-/m0/s1. The molecular weight excluding hydrogens is 285 g/mol. The third kappa shape index (κ3) is 2.71. The quantitative estimate of drug-likeness (QED) is 0.932. The van der Waals surface area contributed by atoms with Crippen LogP contribution in [-0.4, -0.2) is 56.8 Å². The van der Waals surface area contributed by atoms with Gasteiger partial charge in [-0.15, -0.1) is 0 Å². The second-order valence-electron chi connectivity index (χ2n) is 5.23. The molecule has 7 heteroatoms. The van der Waals surface area contributed by atoms with Gasteiger partial charge in [-0.05, 0) is 12.6 Å². The van der Waals surface area contributed by atoms with Gasteiger partial charge in [0.1, 0.15) is 5.82 Å². The van der Waals surface area contributed by atoms with Crippen LogP contribution in [0.1, 0.15) is 29.1 Å². The van der Waals surface area contributed by atoms with Crippen LogP contribution in [0.15, 0.2) is 30.9 Å². The Labute approximate surface area is 128 Å². The number of hydrogen-bond donors (Lipinski definition) is 1. The van der Waals surface area contributed by atoms with E-state index in [2.05, 4.69) is 26.8 Å². The Balaban J connectivity index is 1.81. The number of imidazole rings is 1. The van der Waals surface area contributed by atoms with E-state index in [1.165, 1.54) is 12.3 Å². The van der Waals surface area contributed by atoms with Crippen molar-refractivity contribution in [2.45, 2.75) is 13.0 Å². The van der Waals surface area contributed by atoms with Crippen LogP contribution in [0.4, 0.5) is 4.39 Å². The van der Waals surface area contributed by atoms with Crippen LogP contribution >= 0.6 is 0 Å². The molecule has 3 rings (SSSR count). The van der Waals surface area contributed by atoms with Crippen molar-refractivity contribution in [3.05, 3.63) is 48.1 Å². The Morgan fingerprint density at radius 1 is 1.45 bits per heavy atom. The number of carbonyl (C=O) groups excluding carboxylic acids is 1. The van der Waals surface area contributed by atoms with E-state index in [1.807, 2.05) is 0 Å². The molecule has 1 N–H and O–H groups in total. The highest BCUT2D eigenvalue weighted by atomic mass is 19.1. The van der Waals surface area contributed by atoms with Gasteiger partial charge in [0, 0.05) is 38.2 Å². The average molecular weight is 303 g/mol. The van der Waals surface area contributed by atoms with Gasteiger partial charge in [-0.25, -0.2) is 9.37 Å². The Morgan fingerprint density at radius 2 is 2.32 bits per heavy atom. The molecule has 0 bridgehead atoms. The fourth-order valence-corrected chi connectivity index (χ4v) is 2.82. The van der Waals surface area contributed by atoms with Crippen molar-refractivity contribution in [3.8, 4) is 0 Å². The van der Waals surface area contributed by atoms with Crippen LogP contribution in [0, 0.1) is 5.82 Å². The SMILES string of the molecule is CCN1CCN(C(=O)c2ccncc2F)C[C@H]1c1ncc[nH]1. The molecule has 1 aliphatic rings. The predicted molar refractivity (Wildman–Crippen MR) is 78.7 cm³/mol. The monoisotopic (exact) mass is 303 g/mol. The van der Waals surface area contributed by atoms with Crippen molar-refractivity contribution in [2.24, 2.45) is 0 Å². The minimum Gasteiger partial charge on any atom is -0.347 e. The van der Waals surface area contributed by atoms with Crippen molar-refractivity contribution in [1.29, 1.82) is 0 Å². The zero-order valence-corrected chi connectivity index (χ0v) is 12.4. The van der Waals surface area contributed by atoms with Crippen LogP contribution in [0.2, 0.25) is 0 Å². The number of likely N-dealkylation sites (N-methyl/N-ethyl adjacent to an activating group) is 1. The summed E-state index contributed by atoms with van der Waals surface area (Å²) in [6.07, 6.45) is 5.97. The van der Waals surface area contributed by atoms with Gasteiger partial charge in [0.2, 0.25) is 0 Å². The van der Waals surface area contributed by atoms with Crippen LogP contribution in [0.25, 0.3) is 0 Å². The number of aromatic amines is 1. The van der Waals surface area contributed by atoms with Crippen LogP contribution in [-0.2, 0) is 0 Å². The largest absolute Gasteiger partial charge is 0.347 e. The number of pyridine rings is 1. The van der Waals surface area contributed by atoms with Crippen molar-refractivity contribution < 1.29 is 9.18 Å². The summed E-state index contributed by atoms with van der Waals surface area (Å²) >= 11 is 0. The van der Waals surface area contributed by atoms with Gasteiger partial charge in [-0.1, -0.05) is 6.92 Å². The normalized spacial score (nSPS) is 19.4. The molecule has 22 heavy (non-hydrogen) atoms. The first-order chi connectivity index (χ1) is 10.7. The number of nitrogens with zero attached hydrogens (tertiary/aromatic N) is 4. The molecule has 2 aromatic rings. The highest BCUT2D eigenvalue weighted by Gasteiger charge is 2.32. The zero-order valence-electron chi connectivity index (χ0n) is 12.4. The van der Waals surface area contributed by atoms with Gasteiger partial charge in [-0.2, -0.15) is 0 Å². The summed E-state index contributed by atoms with van der Waals surface area (Å²) in [5.41, 5.74) is 0.0677. The lowest BCUT2D eigenvalue weighted by Crippen LogP contribution is -2.50. The smallest absolute Gasteiger partial charge is 0.257 e. The summed E-state index contributed by atoms with van der Waals surface area (Å²) in [5.74, 6) is -0.0540. The third-order valence-corrected chi connectivity index (χ3v) is 4.02. The van der Waals surface area contributed by atoms with Gasteiger partial charge in [-0.3, -0.25) is 14.7 Å². The van der Waals surface area contributed by atoms with E-state index in [9.17, 15) is 9.18 Å². The van der Waals surface area contributed by atoms with Crippen molar-refractivity contribution in [1.82, 2.24) is 24.8 Å². The minimum atomic E-state index is -0.583. The molecule has 3 heterocycles. The van der Waals surface area contributed by atoms with E-state index >= 15 is 0 Å². The van der Waals surface area contributed by atoms with Gasteiger partial charge in [0.25, 0.3) is 5.91 Å². The molecule has 2 aromatic heterocycles. The molecule has 1 amide bonds. The number of H-pyrrole nitrogens is 1. The van der Waals surface area contributed by atoms with E-state index < -0.39 is 5.82 Å².